The van der Waals surface area contributed by atoms with Crippen molar-refractivity contribution in [2.24, 2.45) is 0 Å². The third-order valence-corrected chi connectivity index (χ3v) is 1.27. The van der Waals surface area contributed by atoms with Crippen LogP contribution in [0, 0.1) is 5.82 Å². The maximum Gasteiger partial charge on any atom is 0.513 e. The SMILES string of the molecule is Fc1ccccc1OBOC(F)(F)F. The topological polar surface area (TPSA) is 18.5 Å². The first kappa shape index (κ1) is 10.8. The molecule has 0 aliphatic carbocycles. The minimum Gasteiger partial charge on any atom is -0.537 e. The molecule has 76 valence electrons. The third-order valence-electron chi connectivity index (χ3n) is 1.27. The summed E-state index contributed by atoms with van der Waals surface area (Å²) in [6.45, 7) is 0. The van der Waals surface area contributed by atoms with Gasteiger partial charge in [0.2, 0.25) is 0 Å². The molecular weight excluding hydrogens is 203 g/mol. The maximum absolute atomic E-state index is 12.7. The minimum absolute atomic E-state index is 0.281. The van der Waals surface area contributed by atoms with E-state index in [0.717, 1.165) is 6.07 Å². The van der Waals surface area contributed by atoms with Crippen LogP contribution in [0.15, 0.2) is 24.3 Å². The molecule has 0 spiro atoms. The van der Waals surface area contributed by atoms with E-state index in [0.29, 0.717) is 0 Å². The van der Waals surface area contributed by atoms with Crippen LogP contribution in [0.1, 0.15) is 0 Å². The molecule has 2 nitrogen and oxygen atoms in total. The van der Waals surface area contributed by atoms with Gasteiger partial charge >= 0.3 is 14.0 Å². The van der Waals surface area contributed by atoms with Gasteiger partial charge in [-0.25, -0.2) is 4.39 Å². The molecule has 0 atom stereocenters. The minimum atomic E-state index is -4.77. The van der Waals surface area contributed by atoms with E-state index in [2.05, 4.69) is 9.31 Å². The summed E-state index contributed by atoms with van der Waals surface area (Å²) in [7, 11) is -1.07. The third kappa shape index (κ3) is 3.65. The van der Waals surface area contributed by atoms with Gasteiger partial charge in [-0.15, -0.1) is 13.2 Å². The number of para-hydroxylation sites is 1. The summed E-state index contributed by atoms with van der Waals surface area (Å²) in [6.07, 6.45) is -4.77. The molecule has 0 aliphatic rings. The van der Waals surface area contributed by atoms with Crippen LogP contribution in [0.5, 0.6) is 5.75 Å². The van der Waals surface area contributed by atoms with Gasteiger partial charge in [-0.2, -0.15) is 0 Å². The lowest BCUT2D eigenvalue weighted by molar-refractivity contribution is -0.279. The van der Waals surface area contributed by atoms with Crippen LogP contribution in [-0.2, 0) is 4.65 Å². The lowest BCUT2D eigenvalue weighted by atomic mass is 10.3. The molecule has 0 saturated heterocycles. The zero-order chi connectivity index (χ0) is 10.6. The standard InChI is InChI=1S/C7H5BF4O2/c9-5-3-1-2-4-6(5)13-8-14-7(10,11)12/h1-4,8H. The lowest BCUT2D eigenvalue weighted by Crippen LogP contribution is -2.20. The second-order valence-corrected chi connectivity index (χ2v) is 2.28. The van der Waals surface area contributed by atoms with Gasteiger partial charge in [0.25, 0.3) is 0 Å². The van der Waals surface area contributed by atoms with E-state index in [1.807, 2.05) is 0 Å². The van der Waals surface area contributed by atoms with Crippen molar-refractivity contribution in [1.29, 1.82) is 0 Å². The molecule has 0 amide bonds. The summed E-state index contributed by atoms with van der Waals surface area (Å²) in [4.78, 5) is 0. The van der Waals surface area contributed by atoms with E-state index in [9.17, 15) is 17.6 Å². The largest absolute Gasteiger partial charge is 0.537 e. The maximum atomic E-state index is 12.7. The average Bonchev–Trinajstić information content (AvgIpc) is 2.06. The monoisotopic (exact) mass is 208 g/mol. The Balaban J connectivity index is 2.43. The Kier molecular flexibility index (Phi) is 3.35. The van der Waals surface area contributed by atoms with Crippen molar-refractivity contribution in [2.45, 2.75) is 6.36 Å². The Morgan fingerprint density at radius 3 is 2.36 bits per heavy atom. The van der Waals surface area contributed by atoms with Crippen molar-refractivity contribution in [3.8, 4) is 5.75 Å². The molecular formula is C7H5BF4O2. The zero-order valence-electron chi connectivity index (χ0n) is 6.84. The van der Waals surface area contributed by atoms with E-state index in [4.69, 9.17) is 0 Å². The molecule has 0 fully saturated rings. The average molecular weight is 208 g/mol. The fourth-order valence-corrected chi connectivity index (χ4v) is 0.722. The van der Waals surface area contributed by atoms with Gasteiger partial charge < -0.3 is 9.31 Å². The fraction of sp³-hybridized carbons (Fsp3) is 0.143. The van der Waals surface area contributed by atoms with Crippen molar-refractivity contribution in [2.75, 3.05) is 0 Å². The van der Waals surface area contributed by atoms with Crippen LogP contribution >= 0.6 is 0 Å². The molecule has 14 heavy (non-hydrogen) atoms. The van der Waals surface area contributed by atoms with Crippen molar-refractivity contribution < 1.29 is 26.9 Å². The van der Waals surface area contributed by atoms with Gasteiger partial charge in [0.15, 0.2) is 5.82 Å². The van der Waals surface area contributed by atoms with Crippen molar-refractivity contribution in [1.82, 2.24) is 0 Å². The van der Waals surface area contributed by atoms with Gasteiger partial charge in [-0.3, -0.25) is 0 Å². The van der Waals surface area contributed by atoms with E-state index < -0.39 is 19.9 Å². The van der Waals surface area contributed by atoms with E-state index in [1.165, 1.54) is 18.2 Å². The van der Waals surface area contributed by atoms with Crippen LogP contribution in [0.4, 0.5) is 17.6 Å². The zero-order valence-corrected chi connectivity index (χ0v) is 6.84. The van der Waals surface area contributed by atoms with E-state index >= 15 is 0 Å². The smallest absolute Gasteiger partial charge is 0.513 e. The highest BCUT2D eigenvalue weighted by molar-refractivity contribution is 6.19. The summed E-state index contributed by atoms with van der Waals surface area (Å²) in [5.41, 5.74) is 0. The van der Waals surface area contributed by atoms with Crippen molar-refractivity contribution in [3.63, 3.8) is 0 Å². The molecule has 0 radical (unpaired) electrons. The van der Waals surface area contributed by atoms with Crippen LogP contribution in [0.2, 0.25) is 0 Å². The Bertz CT molecular complexity index is 302. The number of halogens is 4. The Morgan fingerprint density at radius 1 is 1.14 bits per heavy atom. The first-order chi connectivity index (χ1) is 6.49. The summed E-state index contributed by atoms with van der Waals surface area (Å²) < 4.78 is 54.8. The fourth-order valence-electron chi connectivity index (χ4n) is 0.722. The molecule has 0 aliphatic heterocycles. The second kappa shape index (κ2) is 4.32. The molecule has 0 N–H and O–H groups in total. The molecule has 7 heteroatoms. The molecule has 0 bridgehead atoms. The Labute approximate surface area is 77.7 Å². The Hall–Kier alpha value is -1.24. The van der Waals surface area contributed by atoms with Gasteiger partial charge in [0, 0.05) is 0 Å². The summed E-state index contributed by atoms with van der Waals surface area (Å²) in [5.74, 6) is -1.02. The lowest BCUT2D eigenvalue weighted by Gasteiger charge is -2.08. The number of benzene rings is 1. The quantitative estimate of drug-likeness (QED) is 0.558. The molecule has 0 heterocycles. The first-order valence-electron chi connectivity index (χ1n) is 3.57. The van der Waals surface area contributed by atoms with Gasteiger partial charge in [-0.1, -0.05) is 12.1 Å². The van der Waals surface area contributed by atoms with Crippen molar-refractivity contribution in [3.05, 3.63) is 30.1 Å². The molecule has 1 rings (SSSR count). The molecule has 0 saturated carbocycles. The second-order valence-electron chi connectivity index (χ2n) is 2.28. The predicted octanol–water partition coefficient (Wildman–Crippen LogP) is 2.01. The van der Waals surface area contributed by atoms with Gasteiger partial charge in [0.1, 0.15) is 5.75 Å². The molecule has 0 unspecified atom stereocenters. The van der Waals surface area contributed by atoms with Gasteiger partial charge in [-0.05, 0) is 12.1 Å². The number of hydrogen-bond acceptors (Lipinski definition) is 2. The highest BCUT2D eigenvalue weighted by Crippen LogP contribution is 2.18. The van der Waals surface area contributed by atoms with Crippen LogP contribution in [0.3, 0.4) is 0 Å². The predicted molar refractivity (Wildman–Crippen MR) is 41.3 cm³/mol. The molecule has 1 aromatic rings. The molecule has 1 aromatic carbocycles. The molecule has 0 aromatic heterocycles. The highest BCUT2D eigenvalue weighted by atomic mass is 19.4. The van der Waals surface area contributed by atoms with Gasteiger partial charge in [0.05, 0.1) is 0 Å². The summed E-state index contributed by atoms with van der Waals surface area (Å²) in [5, 5.41) is 0. The number of hydrogen-bond donors (Lipinski definition) is 0. The Morgan fingerprint density at radius 2 is 1.79 bits per heavy atom. The first-order valence-corrected chi connectivity index (χ1v) is 3.57. The van der Waals surface area contributed by atoms with Crippen molar-refractivity contribution >= 4 is 7.69 Å². The van der Waals surface area contributed by atoms with Crippen LogP contribution in [-0.4, -0.2) is 14.0 Å². The summed E-state index contributed by atoms with van der Waals surface area (Å²) in [6, 6.07) is 5.11. The summed E-state index contributed by atoms with van der Waals surface area (Å²) >= 11 is 0. The number of rotatable bonds is 3. The van der Waals surface area contributed by atoms with E-state index in [-0.39, 0.29) is 5.75 Å². The normalized spacial score (nSPS) is 11.1. The highest BCUT2D eigenvalue weighted by Gasteiger charge is 2.29. The van der Waals surface area contributed by atoms with Crippen LogP contribution < -0.4 is 4.65 Å². The number of alkyl halides is 3. The van der Waals surface area contributed by atoms with Crippen LogP contribution in [0.25, 0.3) is 0 Å². The van der Waals surface area contributed by atoms with E-state index in [1.54, 1.807) is 0 Å².